The third kappa shape index (κ3) is 5.84. The van der Waals surface area contributed by atoms with Gasteiger partial charge < -0.3 is 18.9 Å². The second-order valence-corrected chi connectivity index (χ2v) is 11.0. The quantitative estimate of drug-likeness (QED) is 0.292. The van der Waals surface area contributed by atoms with Crippen molar-refractivity contribution in [2.45, 2.75) is 46.6 Å². The van der Waals surface area contributed by atoms with Crippen LogP contribution in [-0.2, 0) is 17.7 Å². The monoisotopic (exact) mass is 530 g/mol. The van der Waals surface area contributed by atoms with Crippen LogP contribution in [0.15, 0.2) is 58.4 Å². The molecule has 2 bridgehead atoms. The van der Waals surface area contributed by atoms with E-state index in [0.717, 1.165) is 45.0 Å². The highest BCUT2D eigenvalue weighted by Crippen LogP contribution is 2.32. The van der Waals surface area contributed by atoms with Crippen LogP contribution in [0.2, 0.25) is 0 Å². The molecule has 2 aromatic carbocycles. The first kappa shape index (κ1) is 26.2. The highest BCUT2D eigenvalue weighted by atomic mass is 32.1. The van der Waals surface area contributed by atoms with Crippen molar-refractivity contribution in [3.05, 3.63) is 92.5 Å². The molecule has 6 nitrogen and oxygen atoms in total. The Labute approximate surface area is 228 Å². The largest absolute Gasteiger partial charge is 0.491 e. The third-order valence-corrected chi connectivity index (χ3v) is 8.09. The highest BCUT2D eigenvalue weighted by molar-refractivity contribution is 7.10. The van der Waals surface area contributed by atoms with Crippen molar-refractivity contribution < 1.29 is 18.8 Å². The van der Waals surface area contributed by atoms with E-state index < -0.39 is 0 Å². The van der Waals surface area contributed by atoms with Crippen LogP contribution in [0.1, 0.15) is 63.1 Å². The standard InChI is InChI=1S/C31H34N2O4S/c1-20(2)29-17-27(19-38-29)31(34)33-10-11-35-12-13-36-28-9-8-25(30-21(3)32-37-22(30)4)16-26(28)15-23-6-5-7-24(14-23)18-33/h5-9,14,16-17,19-20H,10-13,15,18H2,1-4H3. The lowest BCUT2D eigenvalue weighted by atomic mass is 9.96. The molecule has 0 atom stereocenters. The van der Waals surface area contributed by atoms with E-state index in [1.165, 1.54) is 10.4 Å². The number of hydrogen-bond acceptors (Lipinski definition) is 6. The Balaban J connectivity index is 1.44. The molecule has 1 amide bonds. The molecule has 1 aliphatic rings. The summed E-state index contributed by atoms with van der Waals surface area (Å²) in [6, 6.07) is 16.7. The summed E-state index contributed by atoms with van der Waals surface area (Å²) in [7, 11) is 0. The van der Waals surface area contributed by atoms with Crippen LogP contribution >= 0.6 is 11.3 Å². The fraction of sp³-hybridized carbons (Fsp3) is 0.355. The summed E-state index contributed by atoms with van der Waals surface area (Å²) in [5.74, 6) is 2.10. The Kier molecular flexibility index (Phi) is 7.95. The maximum Gasteiger partial charge on any atom is 0.255 e. The van der Waals surface area contributed by atoms with E-state index in [1.54, 1.807) is 11.3 Å². The minimum atomic E-state index is 0.0416. The first-order valence-corrected chi connectivity index (χ1v) is 14.0. The van der Waals surface area contributed by atoms with Crippen LogP contribution in [0.25, 0.3) is 11.1 Å². The number of aromatic nitrogens is 1. The van der Waals surface area contributed by atoms with Gasteiger partial charge in [0.15, 0.2) is 0 Å². The zero-order valence-electron chi connectivity index (χ0n) is 22.5. The highest BCUT2D eigenvalue weighted by Gasteiger charge is 2.20. The van der Waals surface area contributed by atoms with Crippen molar-refractivity contribution in [2.24, 2.45) is 0 Å². The molecule has 0 saturated heterocycles. The van der Waals surface area contributed by atoms with Gasteiger partial charge in [-0.3, -0.25) is 4.79 Å². The number of amides is 1. The number of fused-ring (bicyclic) bond motifs is 3. The van der Waals surface area contributed by atoms with Crippen LogP contribution in [0, 0.1) is 13.8 Å². The number of aryl methyl sites for hydroxylation is 2. The fourth-order valence-electron chi connectivity index (χ4n) is 4.88. The van der Waals surface area contributed by atoms with E-state index in [9.17, 15) is 4.79 Å². The van der Waals surface area contributed by atoms with Gasteiger partial charge in [0.05, 0.1) is 24.5 Å². The van der Waals surface area contributed by atoms with Gasteiger partial charge in [-0.1, -0.05) is 49.3 Å². The van der Waals surface area contributed by atoms with E-state index in [-0.39, 0.29) is 5.91 Å². The molecule has 0 N–H and O–H groups in total. The van der Waals surface area contributed by atoms with Crippen molar-refractivity contribution in [3.8, 4) is 16.9 Å². The van der Waals surface area contributed by atoms with E-state index in [2.05, 4.69) is 55.4 Å². The number of hydrogen-bond donors (Lipinski definition) is 0. The average Bonchev–Trinajstić information content (AvgIpc) is 3.52. The number of carbonyl (C=O) groups is 1. The van der Waals surface area contributed by atoms with Gasteiger partial charge in [-0.25, -0.2) is 0 Å². The predicted octanol–water partition coefficient (Wildman–Crippen LogP) is 6.79. The first-order chi connectivity index (χ1) is 18.4. The number of carbonyl (C=O) groups excluding carboxylic acids is 1. The number of rotatable bonds is 3. The summed E-state index contributed by atoms with van der Waals surface area (Å²) in [6.07, 6.45) is 0.706. The second kappa shape index (κ2) is 11.5. The van der Waals surface area contributed by atoms with Crippen molar-refractivity contribution in [1.29, 1.82) is 0 Å². The summed E-state index contributed by atoms with van der Waals surface area (Å²) in [6.45, 7) is 10.6. The second-order valence-electron chi connectivity index (χ2n) is 10.1. The lowest BCUT2D eigenvalue weighted by Crippen LogP contribution is -2.33. The van der Waals surface area contributed by atoms with Crippen LogP contribution in [0.5, 0.6) is 5.75 Å². The molecule has 198 valence electrons. The molecule has 0 fully saturated rings. The van der Waals surface area contributed by atoms with Gasteiger partial charge in [0.1, 0.15) is 18.1 Å². The third-order valence-electron chi connectivity index (χ3n) is 6.86. The molecule has 7 heteroatoms. The van der Waals surface area contributed by atoms with Crippen LogP contribution in [-0.4, -0.2) is 42.3 Å². The summed E-state index contributed by atoms with van der Waals surface area (Å²) >= 11 is 1.65. The minimum absolute atomic E-state index is 0.0416. The fourth-order valence-corrected chi connectivity index (χ4v) is 5.78. The van der Waals surface area contributed by atoms with E-state index >= 15 is 0 Å². The smallest absolute Gasteiger partial charge is 0.255 e. The van der Waals surface area contributed by atoms with Gasteiger partial charge in [0, 0.05) is 35.3 Å². The Morgan fingerprint density at radius 3 is 2.63 bits per heavy atom. The van der Waals surface area contributed by atoms with Gasteiger partial charge in [-0.05, 0) is 60.2 Å². The molecular formula is C31H34N2O4S. The Morgan fingerprint density at radius 2 is 1.87 bits per heavy atom. The SMILES string of the molecule is Cc1noc(C)c1-c1ccc2c(c1)Cc1cccc(c1)CN(C(=O)c1csc(C(C)C)c1)CCOCCO2. The number of ether oxygens (including phenoxy) is 2. The molecule has 4 aromatic rings. The zero-order chi connectivity index (χ0) is 26.6. The van der Waals surface area contributed by atoms with Gasteiger partial charge >= 0.3 is 0 Å². The van der Waals surface area contributed by atoms with Crippen molar-refractivity contribution in [1.82, 2.24) is 10.1 Å². The lowest BCUT2D eigenvalue weighted by Gasteiger charge is -2.23. The maximum atomic E-state index is 13.5. The van der Waals surface area contributed by atoms with Crippen molar-refractivity contribution in [2.75, 3.05) is 26.4 Å². The molecule has 0 spiro atoms. The number of benzene rings is 2. The maximum absolute atomic E-state index is 13.5. The molecule has 5 rings (SSSR count). The molecule has 1 aliphatic heterocycles. The molecule has 38 heavy (non-hydrogen) atoms. The lowest BCUT2D eigenvalue weighted by molar-refractivity contribution is 0.0571. The van der Waals surface area contributed by atoms with E-state index in [4.69, 9.17) is 14.0 Å². The molecule has 0 radical (unpaired) electrons. The molecular weight excluding hydrogens is 496 g/mol. The average molecular weight is 531 g/mol. The molecule has 0 unspecified atom stereocenters. The van der Waals surface area contributed by atoms with Gasteiger partial charge in [0.2, 0.25) is 0 Å². The van der Waals surface area contributed by atoms with Crippen molar-refractivity contribution >= 4 is 17.2 Å². The summed E-state index contributed by atoms with van der Waals surface area (Å²) in [4.78, 5) is 16.6. The van der Waals surface area contributed by atoms with E-state index in [0.29, 0.717) is 45.2 Å². The van der Waals surface area contributed by atoms with E-state index in [1.807, 2.05) is 36.3 Å². The Morgan fingerprint density at radius 1 is 1.03 bits per heavy atom. The zero-order valence-corrected chi connectivity index (χ0v) is 23.3. The van der Waals surface area contributed by atoms with Gasteiger partial charge in [-0.2, -0.15) is 0 Å². The van der Waals surface area contributed by atoms with Crippen LogP contribution in [0.3, 0.4) is 0 Å². The van der Waals surface area contributed by atoms with Crippen molar-refractivity contribution in [3.63, 3.8) is 0 Å². The molecule has 0 saturated carbocycles. The molecule has 3 heterocycles. The topological polar surface area (TPSA) is 64.8 Å². The summed E-state index contributed by atoms with van der Waals surface area (Å²) in [5, 5.41) is 6.10. The van der Waals surface area contributed by atoms with Gasteiger partial charge in [-0.15, -0.1) is 11.3 Å². The van der Waals surface area contributed by atoms with Gasteiger partial charge in [0.25, 0.3) is 5.91 Å². The molecule has 2 aromatic heterocycles. The minimum Gasteiger partial charge on any atom is -0.491 e. The normalized spacial score (nSPS) is 14.6. The summed E-state index contributed by atoms with van der Waals surface area (Å²) < 4.78 is 17.5. The first-order valence-electron chi connectivity index (χ1n) is 13.1. The molecule has 0 aliphatic carbocycles. The van der Waals surface area contributed by atoms with Crippen LogP contribution in [0.4, 0.5) is 0 Å². The predicted molar refractivity (Wildman–Crippen MR) is 150 cm³/mol. The Bertz CT molecular complexity index is 1400. The Hall–Kier alpha value is -3.42. The van der Waals surface area contributed by atoms with Crippen LogP contribution < -0.4 is 4.74 Å². The number of thiophene rings is 1. The number of nitrogens with zero attached hydrogens (tertiary/aromatic N) is 2. The summed E-state index contributed by atoms with van der Waals surface area (Å²) in [5.41, 5.74) is 7.05.